The van der Waals surface area contributed by atoms with Gasteiger partial charge in [0, 0.05) is 6.54 Å². The molecule has 2 atom stereocenters. The molecule has 0 amide bonds. The first-order valence-electron chi connectivity index (χ1n) is 4.50. The van der Waals surface area contributed by atoms with Gasteiger partial charge in [0.2, 0.25) is 0 Å². The predicted octanol–water partition coefficient (Wildman–Crippen LogP) is -0.564. The van der Waals surface area contributed by atoms with Gasteiger partial charge in [-0.05, 0) is 25.8 Å². The Morgan fingerprint density at radius 1 is 1.77 bits per heavy atom. The van der Waals surface area contributed by atoms with E-state index in [1.165, 1.54) is 0 Å². The van der Waals surface area contributed by atoms with Crippen LogP contribution >= 0.6 is 0 Å². The summed E-state index contributed by atoms with van der Waals surface area (Å²) < 4.78 is 0. The molecule has 4 N–H and O–H groups in total. The van der Waals surface area contributed by atoms with E-state index in [9.17, 15) is 5.11 Å². The van der Waals surface area contributed by atoms with E-state index < -0.39 is 0 Å². The summed E-state index contributed by atoms with van der Waals surface area (Å²) in [6.07, 6.45) is 0.716. The van der Waals surface area contributed by atoms with Gasteiger partial charge in [-0.25, -0.2) is 0 Å². The summed E-state index contributed by atoms with van der Waals surface area (Å²) in [7, 11) is 0. The summed E-state index contributed by atoms with van der Waals surface area (Å²) in [6, 6.07) is 0. The van der Waals surface area contributed by atoms with E-state index in [-0.39, 0.29) is 11.9 Å². The van der Waals surface area contributed by atoms with Crippen LogP contribution in [-0.4, -0.2) is 46.8 Å². The molecule has 0 spiro atoms. The minimum absolute atomic E-state index is 0.228. The van der Waals surface area contributed by atoms with Gasteiger partial charge >= 0.3 is 0 Å². The van der Waals surface area contributed by atoms with Gasteiger partial charge in [-0.2, -0.15) is 0 Å². The van der Waals surface area contributed by atoms with Crippen molar-refractivity contribution in [2.24, 2.45) is 16.8 Å². The first-order valence-corrected chi connectivity index (χ1v) is 4.50. The maximum absolute atomic E-state index is 9.32. The molecule has 5 nitrogen and oxygen atoms in total. The molecule has 0 bridgehead atoms. The monoisotopic (exact) mass is 187 g/mol. The Labute approximate surface area is 77.8 Å². The smallest absolute Gasteiger partial charge is 0.153 e. The first-order chi connectivity index (χ1) is 6.13. The summed E-state index contributed by atoms with van der Waals surface area (Å²) in [6.45, 7) is 4.02. The van der Waals surface area contributed by atoms with Gasteiger partial charge in [-0.1, -0.05) is 5.16 Å². The third-order valence-corrected chi connectivity index (χ3v) is 2.51. The van der Waals surface area contributed by atoms with Gasteiger partial charge in [0.25, 0.3) is 0 Å². The van der Waals surface area contributed by atoms with E-state index in [1.807, 2.05) is 0 Å². The Morgan fingerprint density at radius 3 is 2.92 bits per heavy atom. The Hall–Kier alpha value is -0.810. The number of amidine groups is 1. The number of likely N-dealkylation sites (tertiary alicyclic amines) is 1. The van der Waals surface area contributed by atoms with Crippen molar-refractivity contribution < 1.29 is 10.3 Å². The average Bonchev–Trinajstić information content (AvgIpc) is 2.52. The zero-order valence-corrected chi connectivity index (χ0v) is 7.85. The fourth-order valence-electron chi connectivity index (χ4n) is 1.66. The molecule has 2 unspecified atom stereocenters. The largest absolute Gasteiger partial charge is 0.409 e. The van der Waals surface area contributed by atoms with E-state index in [4.69, 9.17) is 10.9 Å². The second-order valence-corrected chi connectivity index (χ2v) is 3.62. The molecular weight excluding hydrogens is 170 g/mol. The van der Waals surface area contributed by atoms with Crippen LogP contribution in [0.15, 0.2) is 5.16 Å². The van der Waals surface area contributed by atoms with Crippen LogP contribution in [0, 0.1) is 5.92 Å². The maximum Gasteiger partial charge on any atom is 0.153 e. The van der Waals surface area contributed by atoms with Crippen molar-refractivity contribution in [2.75, 3.05) is 19.6 Å². The van der Waals surface area contributed by atoms with Crippen molar-refractivity contribution in [3.8, 4) is 0 Å². The van der Waals surface area contributed by atoms with Crippen molar-refractivity contribution in [3.63, 3.8) is 0 Å². The molecule has 0 saturated carbocycles. The van der Waals surface area contributed by atoms with Crippen molar-refractivity contribution in [3.05, 3.63) is 0 Å². The summed E-state index contributed by atoms with van der Waals surface area (Å²) in [5.41, 5.74) is 5.37. The number of aliphatic hydroxyl groups excluding tert-OH is 1. The van der Waals surface area contributed by atoms with Gasteiger partial charge in [-0.15, -0.1) is 0 Å². The second kappa shape index (κ2) is 4.43. The van der Waals surface area contributed by atoms with E-state index in [2.05, 4.69) is 10.1 Å². The minimum atomic E-state index is -0.266. The standard InChI is InChI=1S/C8H17N3O2/c1-6(12)7-2-3-11(4-7)5-8(9)10-13/h6-7,12-13H,2-5H2,1H3,(H2,9,10). The Balaban J connectivity index is 2.33. The van der Waals surface area contributed by atoms with Crippen LogP contribution in [0.3, 0.4) is 0 Å². The lowest BCUT2D eigenvalue weighted by molar-refractivity contribution is 0.129. The number of oxime groups is 1. The molecule has 1 saturated heterocycles. The van der Waals surface area contributed by atoms with E-state index in [1.54, 1.807) is 6.92 Å². The predicted molar refractivity (Wildman–Crippen MR) is 49.6 cm³/mol. The summed E-state index contributed by atoms with van der Waals surface area (Å²) in [5.74, 6) is 0.553. The molecule has 0 aromatic rings. The highest BCUT2D eigenvalue weighted by Gasteiger charge is 2.26. The number of hydrogen-bond donors (Lipinski definition) is 3. The fourth-order valence-corrected chi connectivity index (χ4v) is 1.66. The lowest BCUT2D eigenvalue weighted by Gasteiger charge is -2.16. The van der Waals surface area contributed by atoms with Crippen molar-refractivity contribution in [1.29, 1.82) is 0 Å². The highest BCUT2D eigenvalue weighted by Crippen LogP contribution is 2.18. The van der Waals surface area contributed by atoms with Crippen molar-refractivity contribution >= 4 is 5.84 Å². The third-order valence-electron chi connectivity index (χ3n) is 2.51. The number of rotatable bonds is 3. The Morgan fingerprint density at radius 2 is 2.46 bits per heavy atom. The van der Waals surface area contributed by atoms with Gasteiger partial charge in [0.05, 0.1) is 12.6 Å². The van der Waals surface area contributed by atoms with E-state index in [0.717, 1.165) is 19.5 Å². The molecule has 5 heteroatoms. The van der Waals surface area contributed by atoms with Crippen molar-refractivity contribution in [1.82, 2.24) is 4.90 Å². The Kier molecular flexibility index (Phi) is 3.50. The number of nitrogens with zero attached hydrogens (tertiary/aromatic N) is 2. The molecule has 1 aliphatic heterocycles. The summed E-state index contributed by atoms with van der Waals surface area (Å²) >= 11 is 0. The first kappa shape index (κ1) is 10.3. The highest BCUT2D eigenvalue weighted by molar-refractivity contribution is 5.81. The SMILES string of the molecule is CC(O)C1CCN(C/C(N)=N/O)C1. The zero-order chi connectivity index (χ0) is 9.84. The van der Waals surface area contributed by atoms with E-state index in [0.29, 0.717) is 12.5 Å². The highest BCUT2D eigenvalue weighted by atomic mass is 16.4. The van der Waals surface area contributed by atoms with Crippen LogP contribution in [0.1, 0.15) is 13.3 Å². The van der Waals surface area contributed by atoms with Crippen LogP contribution < -0.4 is 5.73 Å². The topological polar surface area (TPSA) is 82.1 Å². The molecule has 1 rings (SSSR count). The molecule has 1 heterocycles. The molecule has 0 radical (unpaired) electrons. The number of aliphatic hydroxyl groups is 1. The number of nitrogens with two attached hydrogens (primary N) is 1. The maximum atomic E-state index is 9.32. The molecule has 13 heavy (non-hydrogen) atoms. The van der Waals surface area contributed by atoms with Gasteiger partial charge < -0.3 is 16.0 Å². The second-order valence-electron chi connectivity index (χ2n) is 3.62. The van der Waals surface area contributed by atoms with Crippen LogP contribution in [0.2, 0.25) is 0 Å². The van der Waals surface area contributed by atoms with Gasteiger partial charge in [0.15, 0.2) is 5.84 Å². The minimum Gasteiger partial charge on any atom is -0.409 e. The molecule has 0 aromatic carbocycles. The zero-order valence-electron chi connectivity index (χ0n) is 7.85. The molecule has 0 aromatic heterocycles. The summed E-state index contributed by atoms with van der Waals surface area (Å²) in [4.78, 5) is 2.08. The molecule has 1 aliphatic rings. The van der Waals surface area contributed by atoms with Crippen LogP contribution in [-0.2, 0) is 0 Å². The van der Waals surface area contributed by atoms with Gasteiger partial charge in [-0.3, -0.25) is 4.90 Å². The molecule has 1 fully saturated rings. The fraction of sp³-hybridized carbons (Fsp3) is 0.875. The van der Waals surface area contributed by atoms with Crippen LogP contribution in [0.4, 0.5) is 0 Å². The lowest BCUT2D eigenvalue weighted by atomic mass is 10.0. The lowest BCUT2D eigenvalue weighted by Crippen LogP contribution is -2.33. The van der Waals surface area contributed by atoms with E-state index >= 15 is 0 Å². The average molecular weight is 187 g/mol. The molecule has 76 valence electrons. The quantitative estimate of drug-likeness (QED) is 0.239. The third kappa shape index (κ3) is 2.86. The normalized spacial score (nSPS) is 27.8. The van der Waals surface area contributed by atoms with Crippen molar-refractivity contribution in [2.45, 2.75) is 19.4 Å². The van der Waals surface area contributed by atoms with Crippen LogP contribution in [0.5, 0.6) is 0 Å². The number of hydrogen-bond acceptors (Lipinski definition) is 4. The summed E-state index contributed by atoms with van der Waals surface area (Å²) in [5, 5.41) is 20.6. The molecular formula is C8H17N3O2. The molecule has 0 aliphatic carbocycles. The Bertz CT molecular complexity index is 194. The van der Waals surface area contributed by atoms with Crippen LogP contribution in [0.25, 0.3) is 0 Å². The van der Waals surface area contributed by atoms with Gasteiger partial charge in [0.1, 0.15) is 0 Å².